The van der Waals surface area contributed by atoms with Gasteiger partial charge >= 0.3 is 29.6 Å². The topological polar surface area (TPSA) is 58.6 Å². The maximum atomic E-state index is 10.6. The van der Waals surface area contributed by atoms with Crippen LogP contribution in [-0.4, -0.2) is 25.0 Å². The van der Waals surface area contributed by atoms with Crippen LogP contribution in [0.5, 0.6) is 0 Å². The van der Waals surface area contributed by atoms with Crippen LogP contribution in [0.2, 0.25) is 0 Å². The molecule has 0 amide bonds. The second kappa shape index (κ2) is 4.94. The van der Waals surface area contributed by atoms with Gasteiger partial charge in [0.05, 0.1) is 13.2 Å². The third-order valence-corrected chi connectivity index (χ3v) is 2.89. The minimum absolute atomic E-state index is 0. The van der Waals surface area contributed by atoms with Gasteiger partial charge in [-0.25, -0.2) is 0 Å². The summed E-state index contributed by atoms with van der Waals surface area (Å²) in [4.78, 5) is 10.6. The number of carbonyl (C=O) groups is 1. The molecule has 2 rings (SSSR count). The number of carbonyl (C=O) groups excluding carboxylic acids is 1. The second-order valence-corrected chi connectivity index (χ2v) is 3.70. The van der Waals surface area contributed by atoms with Gasteiger partial charge in [-0.15, -0.1) is 0 Å². The van der Waals surface area contributed by atoms with Crippen molar-refractivity contribution < 1.29 is 48.9 Å². The molecule has 5 heteroatoms. The average molecular weight is 208 g/mol. The fourth-order valence-corrected chi connectivity index (χ4v) is 2.08. The number of hydrogen-bond donors (Lipinski definition) is 0. The quantitative estimate of drug-likeness (QED) is 0.423. The van der Waals surface area contributed by atoms with Crippen LogP contribution in [0.3, 0.4) is 0 Å². The third kappa shape index (κ3) is 2.49. The Labute approximate surface area is 105 Å². The van der Waals surface area contributed by atoms with Gasteiger partial charge in [0.25, 0.3) is 0 Å². The van der Waals surface area contributed by atoms with Gasteiger partial charge in [-0.05, 0) is 18.8 Å². The minimum atomic E-state index is -0.937. The summed E-state index contributed by atoms with van der Waals surface area (Å²) in [5, 5.41) is 10.6. The fraction of sp³-hybridized carbons (Fsp3) is 0.889. The van der Waals surface area contributed by atoms with E-state index < -0.39 is 11.8 Å². The Morgan fingerprint density at radius 2 is 1.71 bits per heavy atom. The van der Waals surface area contributed by atoms with E-state index in [9.17, 15) is 9.90 Å². The predicted octanol–water partition coefficient (Wildman–Crippen LogP) is -3.33. The SMILES string of the molecule is O=C([O-])C1CCC2(CC1)OCCO2.[Na+]. The van der Waals surface area contributed by atoms with Crippen LogP contribution in [0.25, 0.3) is 0 Å². The zero-order valence-electron chi connectivity index (χ0n) is 8.45. The van der Waals surface area contributed by atoms with Gasteiger partial charge in [0, 0.05) is 18.8 Å². The second-order valence-electron chi connectivity index (χ2n) is 3.70. The molecule has 1 saturated carbocycles. The molecule has 1 aliphatic carbocycles. The maximum Gasteiger partial charge on any atom is 1.00 e. The Hall–Kier alpha value is 0.390. The van der Waals surface area contributed by atoms with E-state index in [0.717, 1.165) is 0 Å². The molecule has 0 aromatic heterocycles. The Balaban J connectivity index is 0.000000980. The number of carboxylic acids is 1. The number of rotatable bonds is 1. The van der Waals surface area contributed by atoms with Gasteiger partial charge in [-0.2, -0.15) is 0 Å². The van der Waals surface area contributed by atoms with E-state index in [1.165, 1.54) is 0 Å². The molecule has 2 fully saturated rings. The van der Waals surface area contributed by atoms with Crippen LogP contribution in [0.15, 0.2) is 0 Å². The Morgan fingerprint density at radius 1 is 1.21 bits per heavy atom. The normalized spacial score (nSPS) is 26.0. The van der Waals surface area contributed by atoms with E-state index in [1.807, 2.05) is 0 Å². The largest absolute Gasteiger partial charge is 1.00 e. The van der Waals surface area contributed by atoms with Crippen LogP contribution in [0.1, 0.15) is 25.7 Å². The summed E-state index contributed by atoms with van der Waals surface area (Å²) in [5.74, 6) is -1.70. The zero-order chi connectivity index (χ0) is 9.31. The molecule has 14 heavy (non-hydrogen) atoms. The minimum Gasteiger partial charge on any atom is -0.550 e. The van der Waals surface area contributed by atoms with E-state index >= 15 is 0 Å². The standard InChI is InChI=1S/C9H14O4.Na/c10-8(11)7-1-3-9(4-2-7)12-5-6-13-9;/h7H,1-6H2,(H,10,11);/q;+1/p-1. The van der Waals surface area contributed by atoms with Crippen LogP contribution in [0, 0.1) is 5.92 Å². The molecule has 0 aromatic carbocycles. The van der Waals surface area contributed by atoms with Gasteiger partial charge < -0.3 is 19.4 Å². The Kier molecular flexibility index (Phi) is 4.40. The smallest absolute Gasteiger partial charge is 0.550 e. The fourth-order valence-electron chi connectivity index (χ4n) is 2.08. The summed E-state index contributed by atoms with van der Waals surface area (Å²) in [6.45, 7) is 1.27. The van der Waals surface area contributed by atoms with Gasteiger partial charge in [0.2, 0.25) is 0 Å². The molecule has 74 valence electrons. The molecule has 1 aliphatic heterocycles. The van der Waals surface area contributed by atoms with Crippen molar-refractivity contribution in [2.45, 2.75) is 31.5 Å². The van der Waals surface area contributed by atoms with Crippen LogP contribution >= 0.6 is 0 Å². The van der Waals surface area contributed by atoms with Gasteiger partial charge in [-0.3, -0.25) is 0 Å². The molecular weight excluding hydrogens is 195 g/mol. The van der Waals surface area contributed by atoms with E-state index in [-0.39, 0.29) is 35.5 Å². The molecule has 2 aliphatic rings. The van der Waals surface area contributed by atoms with Crippen molar-refractivity contribution in [2.24, 2.45) is 5.92 Å². The summed E-state index contributed by atoms with van der Waals surface area (Å²) >= 11 is 0. The Morgan fingerprint density at radius 3 is 2.14 bits per heavy atom. The molecule has 0 N–H and O–H groups in total. The van der Waals surface area contributed by atoms with Crippen LogP contribution in [0.4, 0.5) is 0 Å². The molecule has 0 radical (unpaired) electrons. The van der Waals surface area contributed by atoms with E-state index in [1.54, 1.807) is 0 Å². The first-order valence-corrected chi connectivity index (χ1v) is 4.71. The van der Waals surface area contributed by atoms with Crippen LogP contribution in [-0.2, 0) is 14.3 Å². The molecule has 0 atom stereocenters. The molecule has 0 unspecified atom stereocenters. The number of carboxylic acid groups (broad SMARTS) is 1. The zero-order valence-corrected chi connectivity index (χ0v) is 10.5. The maximum absolute atomic E-state index is 10.6. The van der Waals surface area contributed by atoms with E-state index in [0.29, 0.717) is 38.9 Å². The summed E-state index contributed by atoms with van der Waals surface area (Å²) in [5.41, 5.74) is 0. The van der Waals surface area contributed by atoms with Crippen molar-refractivity contribution in [2.75, 3.05) is 13.2 Å². The number of ether oxygens (including phenoxy) is 2. The Bertz CT molecular complexity index is 203. The van der Waals surface area contributed by atoms with Crippen molar-refractivity contribution in [3.63, 3.8) is 0 Å². The molecule has 4 nitrogen and oxygen atoms in total. The van der Waals surface area contributed by atoms with Crippen molar-refractivity contribution >= 4 is 5.97 Å². The number of hydrogen-bond acceptors (Lipinski definition) is 4. The van der Waals surface area contributed by atoms with Crippen molar-refractivity contribution in [3.05, 3.63) is 0 Å². The third-order valence-electron chi connectivity index (χ3n) is 2.89. The van der Waals surface area contributed by atoms with E-state index in [2.05, 4.69) is 0 Å². The molecule has 1 spiro atoms. The van der Waals surface area contributed by atoms with Crippen LogP contribution < -0.4 is 34.7 Å². The van der Waals surface area contributed by atoms with Crippen molar-refractivity contribution in [3.8, 4) is 0 Å². The summed E-state index contributed by atoms with van der Waals surface area (Å²) in [6, 6.07) is 0. The summed E-state index contributed by atoms with van der Waals surface area (Å²) in [7, 11) is 0. The molecule has 0 aromatic rings. The van der Waals surface area contributed by atoms with Gasteiger partial charge in [0.1, 0.15) is 0 Å². The monoisotopic (exact) mass is 208 g/mol. The first-order chi connectivity index (χ1) is 6.22. The van der Waals surface area contributed by atoms with Gasteiger partial charge in [0.15, 0.2) is 5.79 Å². The van der Waals surface area contributed by atoms with Gasteiger partial charge in [-0.1, -0.05) is 0 Å². The molecular formula is C9H13NaO4. The number of aliphatic carboxylic acids is 1. The molecule has 0 bridgehead atoms. The molecule has 1 heterocycles. The summed E-state index contributed by atoms with van der Waals surface area (Å²) in [6.07, 6.45) is 2.60. The first kappa shape index (κ1) is 12.5. The van der Waals surface area contributed by atoms with Crippen molar-refractivity contribution in [1.82, 2.24) is 0 Å². The summed E-state index contributed by atoms with van der Waals surface area (Å²) < 4.78 is 10.9. The predicted molar refractivity (Wildman–Crippen MR) is 41.6 cm³/mol. The first-order valence-electron chi connectivity index (χ1n) is 4.71. The van der Waals surface area contributed by atoms with Crippen molar-refractivity contribution in [1.29, 1.82) is 0 Å². The van der Waals surface area contributed by atoms with E-state index in [4.69, 9.17) is 9.47 Å². The molecule has 1 saturated heterocycles. The average Bonchev–Trinajstić information content (AvgIpc) is 2.54.